The Balaban J connectivity index is 1.46. The van der Waals surface area contributed by atoms with Crippen molar-refractivity contribution >= 4 is 27.3 Å². The van der Waals surface area contributed by atoms with E-state index in [-0.39, 0.29) is 23.0 Å². The summed E-state index contributed by atoms with van der Waals surface area (Å²) in [6.45, 7) is 6.44. The second kappa shape index (κ2) is 9.60. The van der Waals surface area contributed by atoms with Gasteiger partial charge in [0.25, 0.3) is 5.91 Å². The summed E-state index contributed by atoms with van der Waals surface area (Å²) in [7, 11) is -3.71. The predicted molar refractivity (Wildman–Crippen MR) is 126 cm³/mol. The maximum atomic E-state index is 13.1. The minimum Gasteiger partial charge on any atom is -0.373 e. The van der Waals surface area contributed by atoms with Crippen LogP contribution < -0.4 is 10.2 Å². The van der Waals surface area contributed by atoms with E-state index >= 15 is 0 Å². The van der Waals surface area contributed by atoms with Crippen molar-refractivity contribution in [3.05, 3.63) is 54.1 Å². The van der Waals surface area contributed by atoms with Gasteiger partial charge in [-0.15, -0.1) is 0 Å². The summed E-state index contributed by atoms with van der Waals surface area (Å²) in [5, 5.41) is 2.87. The van der Waals surface area contributed by atoms with Gasteiger partial charge in [0.15, 0.2) is 0 Å². The van der Waals surface area contributed by atoms with Gasteiger partial charge in [0.1, 0.15) is 0 Å². The molecule has 32 heavy (non-hydrogen) atoms. The smallest absolute Gasteiger partial charge is 0.255 e. The van der Waals surface area contributed by atoms with Gasteiger partial charge in [-0.25, -0.2) is 8.42 Å². The Morgan fingerprint density at radius 3 is 2.28 bits per heavy atom. The topological polar surface area (TPSA) is 79.0 Å². The highest BCUT2D eigenvalue weighted by molar-refractivity contribution is 7.89. The molecule has 2 fully saturated rings. The number of amides is 1. The first-order valence-electron chi connectivity index (χ1n) is 11.2. The fraction of sp³-hybridized carbons (Fsp3) is 0.458. The number of nitrogens with one attached hydrogen (secondary N) is 1. The van der Waals surface area contributed by atoms with Crippen LogP contribution in [0.1, 0.15) is 43.5 Å². The van der Waals surface area contributed by atoms with Gasteiger partial charge in [0.05, 0.1) is 17.1 Å². The Kier molecular flexibility index (Phi) is 6.83. The molecule has 2 heterocycles. The monoisotopic (exact) mass is 457 g/mol. The molecule has 2 aromatic carbocycles. The maximum Gasteiger partial charge on any atom is 0.255 e. The number of hydrogen-bond acceptors (Lipinski definition) is 5. The lowest BCUT2D eigenvalue weighted by molar-refractivity contribution is -0.0440. The van der Waals surface area contributed by atoms with Gasteiger partial charge < -0.3 is 15.0 Å². The van der Waals surface area contributed by atoms with Crippen LogP contribution in [-0.4, -0.2) is 57.0 Å². The third kappa shape index (κ3) is 5.14. The van der Waals surface area contributed by atoms with Crippen LogP contribution in [0.25, 0.3) is 0 Å². The average Bonchev–Trinajstić information content (AvgIpc) is 2.79. The number of hydrogen-bond donors (Lipinski definition) is 1. The molecule has 1 N–H and O–H groups in total. The van der Waals surface area contributed by atoms with Gasteiger partial charge in [-0.2, -0.15) is 4.31 Å². The first-order valence-corrected chi connectivity index (χ1v) is 12.7. The van der Waals surface area contributed by atoms with Gasteiger partial charge in [0.2, 0.25) is 10.0 Å². The van der Waals surface area contributed by atoms with Crippen LogP contribution in [-0.2, 0) is 14.8 Å². The van der Waals surface area contributed by atoms with E-state index < -0.39 is 10.0 Å². The summed E-state index contributed by atoms with van der Waals surface area (Å²) in [6, 6.07) is 14.0. The van der Waals surface area contributed by atoms with Crippen LogP contribution >= 0.6 is 0 Å². The SMILES string of the molecule is C[C@@H]1CN(S(=O)(=O)c2cccc(C(=O)Nc3ccc(N4CCCCC4)cc3)c2)C[C@@H](C)O1. The second-order valence-electron chi connectivity index (χ2n) is 8.66. The Bertz CT molecular complexity index is 1040. The van der Waals surface area contributed by atoms with Crippen molar-refractivity contribution in [3.63, 3.8) is 0 Å². The highest BCUT2D eigenvalue weighted by atomic mass is 32.2. The molecule has 2 aliphatic heterocycles. The molecular weight excluding hydrogens is 426 g/mol. The van der Waals surface area contributed by atoms with Crippen LogP contribution in [0.2, 0.25) is 0 Å². The molecule has 2 aromatic rings. The molecule has 0 unspecified atom stereocenters. The van der Waals surface area contributed by atoms with Crippen LogP contribution in [0.3, 0.4) is 0 Å². The number of anilines is 2. The maximum absolute atomic E-state index is 13.1. The van der Waals surface area contributed by atoms with E-state index in [9.17, 15) is 13.2 Å². The van der Waals surface area contributed by atoms with Crippen LogP contribution in [0, 0.1) is 0 Å². The van der Waals surface area contributed by atoms with E-state index in [1.165, 1.54) is 35.7 Å². The summed E-state index contributed by atoms with van der Waals surface area (Å²) in [5.74, 6) is -0.337. The molecule has 2 aliphatic rings. The number of benzene rings is 2. The van der Waals surface area contributed by atoms with Crippen molar-refractivity contribution in [1.29, 1.82) is 0 Å². The van der Waals surface area contributed by atoms with Gasteiger partial charge in [-0.1, -0.05) is 6.07 Å². The van der Waals surface area contributed by atoms with Crippen molar-refractivity contribution in [3.8, 4) is 0 Å². The molecule has 1 amide bonds. The minimum absolute atomic E-state index is 0.117. The van der Waals surface area contributed by atoms with E-state index in [0.29, 0.717) is 24.3 Å². The third-order valence-corrected chi connectivity index (χ3v) is 7.79. The zero-order valence-electron chi connectivity index (χ0n) is 18.7. The molecule has 0 bridgehead atoms. The fourth-order valence-corrected chi connectivity index (χ4v) is 6.02. The lowest BCUT2D eigenvalue weighted by Crippen LogP contribution is -2.48. The third-order valence-electron chi connectivity index (χ3n) is 5.97. The predicted octanol–water partition coefficient (Wildman–Crippen LogP) is 3.73. The number of sulfonamides is 1. The standard InChI is InChI=1S/C24H31N3O4S/c1-18-16-27(17-19(2)31-18)32(29,30)23-8-6-7-20(15-23)24(28)25-21-9-11-22(12-10-21)26-13-4-3-5-14-26/h6-12,15,18-19H,3-5,13-14,16-17H2,1-2H3,(H,25,28)/t18-,19-/m1/s1. The summed E-state index contributed by atoms with van der Waals surface area (Å²) in [6.07, 6.45) is 3.35. The molecule has 2 atom stereocenters. The number of morpholine rings is 1. The summed E-state index contributed by atoms with van der Waals surface area (Å²) in [4.78, 5) is 15.3. The van der Waals surface area contributed by atoms with E-state index in [0.717, 1.165) is 18.8 Å². The molecule has 0 aliphatic carbocycles. The van der Waals surface area contributed by atoms with E-state index in [2.05, 4.69) is 10.2 Å². The van der Waals surface area contributed by atoms with Gasteiger partial charge in [-0.3, -0.25) is 4.79 Å². The van der Waals surface area contributed by atoms with Crippen molar-refractivity contribution < 1.29 is 17.9 Å². The molecule has 172 valence electrons. The number of carbonyl (C=O) groups is 1. The lowest BCUT2D eigenvalue weighted by atomic mass is 10.1. The molecule has 8 heteroatoms. The molecule has 7 nitrogen and oxygen atoms in total. The van der Waals surface area contributed by atoms with Crippen LogP contribution in [0.15, 0.2) is 53.4 Å². The van der Waals surface area contributed by atoms with E-state index in [1.807, 2.05) is 38.1 Å². The highest BCUT2D eigenvalue weighted by Crippen LogP contribution is 2.24. The van der Waals surface area contributed by atoms with Crippen molar-refractivity contribution in [2.45, 2.75) is 50.2 Å². The first-order chi connectivity index (χ1) is 15.3. The molecule has 0 spiro atoms. The number of carbonyl (C=O) groups excluding carboxylic acids is 1. The zero-order chi connectivity index (χ0) is 22.7. The molecule has 0 saturated carbocycles. The van der Waals surface area contributed by atoms with Crippen LogP contribution in [0.5, 0.6) is 0 Å². The average molecular weight is 458 g/mol. The summed E-state index contributed by atoms with van der Waals surface area (Å²) in [5.41, 5.74) is 2.14. The zero-order valence-corrected chi connectivity index (χ0v) is 19.5. The lowest BCUT2D eigenvalue weighted by Gasteiger charge is -2.34. The Morgan fingerprint density at radius 1 is 0.969 bits per heavy atom. The highest BCUT2D eigenvalue weighted by Gasteiger charge is 2.32. The van der Waals surface area contributed by atoms with Crippen molar-refractivity contribution in [1.82, 2.24) is 4.31 Å². The van der Waals surface area contributed by atoms with E-state index in [1.54, 1.807) is 12.1 Å². The number of piperidine rings is 1. The van der Waals surface area contributed by atoms with Gasteiger partial charge >= 0.3 is 0 Å². The summed E-state index contributed by atoms with van der Waals surface area (Å²) < 4.78 is 33.3. The molecule has 2 saturated heterocycles. The Labute approximate surface area is 190 Å². The van der Waals surface area contributed by atoms with Crippen molar-refractivity contribution in [2.75, 3.05) is 36.4 Å². The van der Waals surface area contributed by atoms with Gasteiger partial charge in [-0.05, 0) is 75.6 Å². The molecule has 4 rings (SSSR count). The minimum atomic E-state index is -3.71. The van der Waals surface area contributed by atoms with Gasteiger partial charge in [0, 0.05) is 43.1 Å². The largest absolute Gasteiger partial charge is 0.373 e. The molecular formula is C24H31N3O4S. The quantitative estimate of drug-likeness (QED) is 0.740. The Hall–Kier alpha value is -2.42. The fourth-order valence-electron chi connectivity index (χ4n) is 4.38. The van der Waals surface area contributed by atoms with E-state index in [4.69, 9.17) is 4.74 Å². The second-order valence-corrected chi connectivity index (χ2v) is 10.6. The molecule has 0 aromatic heterocycles. The number of nitrogens with zero attached hydrogens (tertiary/aromatic N) is 2. The Morgan fingerprint density at radius 2 is 1.62 bits per heavy atom. The number of rotatable bonds is 5. The molecule has 0 radical (unpaired) electrons. The number of ether oxygens (including phenoxy) is 1. The van der Waals surface area contributed by atoms with Crippen molar-refractivity contribution in [2.24, 2.45) is 0 Å². The normalized spacial score (nSPS) is 22.5. The first kappa shape index (κ1) is 22.8. The van der Waals surface area contributed by atoms with Crippen LogP contribution in [0.4, 0.5) is 11.4 Å². The summed E-state index contributed by atoms with van der Waals surface area (Å²) >= 11 is 0.